The maximum atomic E-state index is 12.7. The van der Waals surface area contributed by atoms with Gasteiger partial charge in [0.1, 0.15) is 11.2 Å². The van der Waals surface area contributed by atoms with Crippen LogP contribution in [0.2, 0.25) is 5.02 Å². The quantitative estimate of drug-likeness (QED) is 0.565. The largest absolute Gasteiger partial charge is 0.384 e. The number of benzene rings is 2. The van der Waals surface area contributed by atoms with Gasteiger partial charge in [0.2, 0.25) is 0 Å². The van der Waals surface area contributed by atoms with Crippen LogP contribution < -0.4 is 5.32 Å². The first-order valence-corrected chi connectivity index (χ1v) is 9.46. The van der Waals surface area contributed by atoms with E-state index in [1.54, 1.807) is 36.1 Å². The molecule has 1 fully saturated rings. The smallest absolute Gasteiger partial charge is 0.282 e. The maximum absolute atomic E-state index is 12.7. The number of nitro groups is 1. The third-order valence-corrected chi connectivity index (χ3v) is 5.24. The van der Waals surface area contributed by atoms with Gasteiger partial charge in [0.15, 0.2) is 0 Å². The molecule has 1 unspecified atom stereocenters. The van der Waals surface area contributed by atoms with Crippen LogP contribution in [-0.2, 0) is 5.60 Å². The van der Waals surface area contributed by atoms with Crippen molar-refractivity contribution in [3.8, 4) is 0 Å². The number of amides is 1. The predicted molar refractivity (Wildman–Crippen MR) is 108 cm³/mol. The first kappa shape index (κ1) is 20.1. The fourth-order valence-electron chi connectivity index (χ4n) is 3.33. The summed E-state index contributed by atoms with van der Waals surface area (Å²) in [6.07, 6.45) is 1.80. The third kappa shape index (κ3) is 4.26. The molecule has 0 spiro atoms. The van der Waals surface area contributed by atoms with Crippen LogP contribution in [0.1, 0.15) is 35.7 Å². The molecule has 8 heteroatoms. The van der Waals surface area contributed by atoms with Gasteiger partial charge in [0.25, 0.3) is 11.6 Å². The summed E-state index contributed by atoms with van der Waals surface area (Å²) in [4.78, 5) is 25.2. The van der Waals surface area contributed by atoms with E-state index >= 15 is 0 Å². The molecule has 7 nitrogen and oxygen atoms in total. The Labute approximate surface area is 168 Å². The Kier molecular flexibility index (Phi) is 5.86. The Morgan fingerprint density at radius 3 is 2.61 bits per heavy atom. The number of anilines is 1. The number of likely N-dealkylation sites (tertiary alicyclic amines) is 1. The van der Waals surface area contributed by atoms with Crippen molar-refractivity contribution in [2.24, 2.45) is 0 Å². The van der Waals surface area contributed by atoms with Crippen molar-refractivity contribution < 1.29 is 14.8 Å². The van der Waals surface area contributed by atoms with Crippen molar-refractivity contribution in [2.75, 3.05) is 25.0 Å². The first-order valence-electron chi connectivity index (χ1n) is 9.08. The lowest BCUT2D eigenvalue weighted by Crippen LogP contribution is -2.31. The fourth-order valence-corrected chi connectivity index (χ4v) is 3.67. The van der Waals surface area contributed by atoms with Crippen LogP contribution in [0.25, 0.3) is 0 Å². The normalized spacial score (nSPS) is 15.9. The number of carbonyl (C=O) groups is 1. The van der Waals surface area contributed by atoms with E-state index in [9.17, 15) is 20.0 Å². The Balaban J connectivity index is 1.82. The average Bonchev–Trinajstić information content (AvgIpc) is 3.20. The van der Waals surface area contributed by atoms with Gasteiger partial charge in [0, 0.05) is 42.0 Å². The lowest BCUT2D eigenvalue weighted by atomic mass is 9.96. The number of nitrogens with zero attached hydrogens (tertiary/aromatic N) is 2. The Hall–Kier alpha value is -2.64. The molecule has 28 heavy (non-hydrogen) atoms. The Bertz CT molecular complexity index is 895. The van der Waals surface area contributed by atoms with Crippen LogP contribution in [0.15, 0.2) is 42.5 Å². The van der Waals surface area contributed by atoms with Crippen LogP contribution in [0.3, 0.4) is 0 Å². The van der Waals surface area contributed by atoms with E-state index in [-0.39, 0.29) is 23.7 Å². The van der Waals surface area contributed by atoms with Crippen LogP contribution in [-0.4, -0.2) is 40.5 Å². The number of nitro benzene ring substituents is 1. The van der Waals surface area contributed by atoms with E-state index < -0.39 is 10.5 Å². The molecule has 2 aromatic rings. The second-order valence-electron chi connectivity index (χ2n) is 7.10. The third-order valence-electron chi connectivity index (χ3n) is 4.91. The molecule has 0 saturated carbocycles. The van der Waals surface area contributed by atoms with Gasteiger partial charge < -0.3 is 15.3 Å². The van der Waals surface area contributed by atoms with Crippen molar-refractivity contribution in [2.45, 2.75) is 25.4 Å². The summed E-state index contributed by atoms with van der Waals surface area (Å²) in [6, 6.07) is 11.3. The highest BCUT2D eigenvalue weighted by molar-refractivity contribution is 6.31. The zero-order chi connectivity index (χ0) is 20.3. The summed E-state index contributed by atoms with van der Waals surface area (Å²) >= 11 is 6.17. The van der Waals surface area contributed by atoms with Gasteiger partial charge in [0.05, 0.1) is 4.92 Å². The highest BCUT2D eigenvalue weighted by Gasteiger charge is 2.28. The summed E-state index contributed by atoms with van der Waals surface area (Å²) in [5, 5.41) is 25.7. The first-order chi connectivity index (χ1) is 13.3. The van der Waals surface area contributed by atoms with E-state index in [1.165, 1.54) is 18.2 Å². The van der Waals surface area contributed by atoms with E-state index in [0.717, 1.165) is 12.8 Å². The monoisotopic (exact) mass is 403 g/mol. The fraction of sp³-hybridized carbons (Fsp3) is 0.350. The molecular formula is C20H22ClN3O4. The number of aliphatic hydroxyl groups is 1. The molecule has 148 valence electrons. The zero-order valence-electron chi connectivity index (χ0n) is 15.5. The second kappa shape index (κ2) is 8.16. The minimum absolute atomic E-state index is 0.0503. The van der Waals surface area contributed by atoms with Crippen molar-refractivity contribution in [1.29, 1.82) is 0 Å². The van der Waals surface area contributed by atoms with Gasteiger partial charge in [-0.15, -0.1) is 0 Å². The van der Waals surface area contributed by atoms with E-state index in [4.69, 9.17) is 11.6 Å². The molecule has 1 aliphatic rings. The topological polar surface area (TPSA) is 95.7 Å². The van der Waals surface area contributed by atoms with Crippen LogP contribution in [0.5, 0.6) is 0 Å². The van der Waals surface area contributed by atoms with Gasteiger partial charge in [-0.2, -0.15) is 0 Å². The lowest BCUT2D eigenvalue weighted by Gasteiger charge is -2.26. The molecule has 2 N–H and O–H groups in total. The van der Waals surface area contributed by atoms with Gasteiger partial charge in [-0.05, 0) is 38.0 Å². The SMILES string of the molecule is CC(O)(CNc1ccc([N+](=O)[O-])c(C(=O)N2CCCC2)c1)c1ccccc1Cl. The van der Waals surface area contributed by atoms with Crippen molar-refractivity contribution >= 4 is 28.9 Å². The molecule has 1 aliphatic heterocycles. The molecule has 1 atom stereocenters. The summed E-state index contributed by atoms with van der Waals surface area (Å²) in [6.45, 7) is 2.96. The summed E-state index contributed by atoms with van der Waals surface area (Å²) in [5.74, 6) is -0.342. The van der Waals surface area contributed by atoms with Gasteiger partial charge in [-0.3, -0.25) is 14.9 Å². The molecule has 3 rings (SSSR count). The van der Waals surface area contributed by atoms with Gasteiger partial charge >= 0.3 is 0 Å². The molecule has 1 saturated heterocycles. The molecule has 0 bridgehead atoms. The Morgan fingerprint density at radius 1 is 1.29 bits per heavy atom. The Morgan fingerprint density at radius 2 is 1.96 bits per heavy atom. The average molecular weight is 404 g/mol. The van der Waals surface area contributed by atoms with E-state index in [1.807, 2.05) is 0 Å². The van der Waals surface area contributed by atoms with Gasteiger partial charge in [-0.25, -0.2) is 0 Å². The van der Waals surface area contributed by atoms with Crippen molar-refractivity contribution in [1.82, 2.24) is 4.90 Å². The second-order valence-corrected chi connectivity index (χ2v) is 7.50. The molecule has 2 aromatic carbocycles. The lowest BCUT2D eigenvalue weighted by molar-refractivity contribution is -0.385. The van der Waals surface area contributed by atoms with E-state index in [0.29, 0.717) is 29.4 Å². The van der Waals surface area contributed by atoms with Crippen LogP contribution in [0.4, 0.5) is 11.4 Å². The number of nitrogens with one attached hydrogen (secondary N) is 1. The minimum Gasteiger partial charge on any atom is -0.384 e. The minimum atomic E-state index is -1.26. The van der Waals surface area contributed by atoms with Crippen molar-refractivity contribution in [3.63, 3.8) is 0 Å². The number of rotatable bonds is 6. The van der Waals surface area contributed by atoms with Gasteiger partial charge in [-0.1, -0.05) is 29.8 Å². The highest BCUT2D eigenvalue weighted by Crippen LogP contribution is 2.30. The summed E-state index contributed by atoms with van der Waals surface area (Å²) < 4.78 is 0. The number of carbonyl (C=O) groups excluding carboxylic acids is 1. The molecule has 0 aromatic heterocycles. The highest BCUT2D eigenvalue weighted by atomic mass is 35.5. The maximum Gasteiger partial charge on any atom is 0.282 e. The van der Waals surface area contributed by atoms with E-state index in [2.05, 4.69) is 5.32 Å². The zero-order valence-corrected chi connectivity index (χ0v) is 16.3. The molecule has 0 aliphatic carbocycles. The number of hydrogen-bond donors (Lipinski definition) is 2. The summed E-state index contributed by atoms with van der Waals surface area (Å²) in [5.41, 5.74) is -0.353. The van der Waals surface area contributed by atoms with Crippen molar-refractivity contribution in [3.05, 3.63) is 68.7 Å². The van der Waals surface area contributed by atoms with Crippen LogP contribution >= 0.6 is 11.6 Å². The molecule has 0 radical (unpaired) electrons. The standard InChI is InChI=1S/C20H22ClN3O4/c1-20(26,16-6-2-3-7-17(16)21)13-22-14-8-9-18(24(27)28)15(12-14)19(25)23-10-4-5-11-23/h2-3,6-9,12,22,26H,4-5,10-11,13H2,1H3. The molecule has 1 amide bonds. The number of halogens is 1. The molecular weight excluding hydrogens is 382 g/mol. The summed E-state index contributed by atoms with van der Waals surface area (Å²) in [7, 11) is 0. The van der Waals surface area contributed by atoms with Crippen LogP contribution in [0, 0.1) is 10.1 Å². The molecule has 1 heterocycles. The predicted octanol–water partition coefficient (Wildman–Crippen LogP) is 3.80. The number of hydrogen-bond acceptors (Lipinski definition) is 5.